The van der Waals surface area contributed by atoms with Crippen molar-refractivity contribution < 1.29 is 22.7 Å². The number of rotatable bonds is 4. The van der Waals surface area contributed by atoms with Gasteiger partial charge in [-0.15, -0.1) is 0 Å². The summed E-state index contributed by atoms with van der Waals surface area (Å²) in [6, 6.07) is 6.67. The number of aryl methyl sites for hydroxylation is 1. The summed E-state index contributed by atoms with van der Waals surface area (Å²) in [7, 11) is 3.22. The molecular formula is C26H23F3N6O2. The Balaban J connectivity index is 1.45. The van der Waals surface area contributed by atoms with Gasteiger partial charge in [0.2, 0.25) is 0 Å². The molecule has 0 saturated carbocycles. The first-order valence-corrected chi connectivity index (χ1v) is 12.0. The third kappa shape index (κ3) is 3.68. The average molecular weight is 509 g/mol. The predicted octanol–water partition coefficient (Wildman–Crippen LogP) is 4.39. The standard InChI is InChI=1S/C26H23F3N6O2/c1-33-25(14-10-19(27)23(29)20(28)11-14)18-12-15-4-3-5-22(24(18)32-33)34(15)26(36)17-13-16(37-2)6-7-21(17)35-30-8-9-31-35/h6-11,13,15,22H,3-5,12H2,1-2H3/t15-,22+/m0/s1. The highest BCUT2D eigenvalue weighted by molar-refractivity contribution is 5.99. The third-order valence-corrected chi connectivity index (χ3v) is 7.24. The molecule has 0 aliphatic carbocycles. The van der Waals surface area contributed by atoms with E-state index in [1.807, 2.05) is 4.90 Å². The monoisotopic (exact) mass is 508 g/mol. The van der Waals surface area contributed by atoms with Gasteiger partial charge in [-0.05, 0) is 56.0 Å². The van der Waals surface area contributed by atoms with Crippen LogP contribution in [0.1, 0.15) is 46.9 Å². The molecule has 2 aliphatic rings. The summed E-state index contributed by atoms with van der Waals surface area (Å²) in [5, 5.41) is 13.1. The molecule has 2 bridgehead atoms. The molecule has 8 nitrogen and oxygen atoms in total. The number of halogens is 3. The maximum Gasteiger partial charge on any atom is 0.257 e. The number of amides is 1. The van der Waals surface area contributed by atoms with Crippen molar-refractivity contribution >= 4 is 5.91 Å². The maximum absolute atomic E-state index is 14.1. The number of methoxy groups -OCH3 is 1. The van der Waals surface area contributed by atoms with Crippen molar-refractivity contribution in [2.45, 2.75) is 37.8 Å². The zero-order valence-electron chi connectivity index (χ0n) is 20.2. The minimum atomic E-state index is -1.51. The van der Waals surface area contributed by atoms with E-state index in [0.717, 1.165) is 30.5 Å². The minimum Gasteiger partial charge on any atom is -0.497 e. The molecule has 1 saturated heterocycles. The van der Waals surface area contributed by atoms with Crippen molar-refractivity contribution in [1.29, 1.82) is 0 Å². The van der Waals surface area contributed by atoms with Crippen LogP contribution in [0.2, 0.25) is 0 Å². The topological polar surface area (TPSA) is 78.1 Å². The lowest BCUT2D eigenvalue weighted by Crippen LogP contribution is -2.50. The number of aromatic nitrogens is 5. The van der Waals surface area contributed by atoms with Crippen LogP contribution >= 0.6 is 0 Å². The largest absolute Gasteiger partial charge is 0.497 e. The Bertz CT molecular complexity index is 1490. The van der Waals surface area contributed by atoms with Crippen LogP contribution < -0.4 is 4.74 Å². The second-order valence-electron chi connectivity index (χ2n) is 9.31. The van der Waals surface area contributed by atoms with E-state index in [0.29, 0.717) is 41.2 Å². The fraction of sp³-hybridized carbons (Fsp3) is 0.308. The Labute approximate surface area is 210 Å². The molecule has 4 heterocycles. The molecule has 2 atom stereocenters. The summed E-state index contributed by atoms with van der Waals surface area (Å²) in [4.78, 5) is 17.4. The highest BCUT2D eigenvalue weighted by atomic mass is 19.2. The molecule has 6 rings (SSSR count). The van der Waals surface area contributed by atoms with Crippen LogP contribution in [0, 0.1) is 17.5 Å². The van der Waals surface area contributed by atoms with Gasteiger partial charge < -0.3 is 9.64 Å². The van der Waals surface area contributed by atoms with Gasteiger partial charge in [-0.1, -0.05) is 0 Å². The molecule has 11 heteroatoms. The van der Waals surface area contributed by atoms with Crippen molar-refractivity contribution in [3.63, 3.8) is 0 Å². The molecule has 0 radical (unpaired) electrons. The molecule has 0 N–H and O–H groups in total. The van der Waals surface area contributed by atoms with Crippen molar-refractivity contribution in [1.82, 2.24) is 29.7 Å². The summed E-state index contributed by atoms with van der Waals surface area (Å²) >= 11 is 0. The van der Waals surface area contributed by atoms with Crippen LogP contribution in [-0.2, 0) is 13.5 Å². The van der Waals surface area contributed by atoms with Gasteiger partial charge in [-0.3, -0.25) is 9.48 Å². The Morgan fingerprint density at radius 1 is 1.05 bits per heavy atom. The summed E-state index contributed by atoms with van der Waals surface area (Å²) in [6.45, 7) is 0. The fourth-order valence-electron chi connectivity index (χ4n) is 5.67. The van der Waals surface area contributed by atoms with Crippen LogP contribution in [0.3, 0.4) is 0 Å². The quantitative estimate of drug-likeness (QED) is 0.382. The number of hydrogen-bond acceptors (Lipinski definition) is 5. The Morgan fingerprint density at radius 3 is 2.49 bits per heavy atom. The van der Waals surface area contributed by atoms with Gasteiger partial charge in [0.05, 0.1) is 48.2 Å². The number of carbonyl (C=O) groups is 1. The maximum atomic E-state index is 14.1. The van der Waals surface area contributed by atoms with Crippen molar-refractivity contribution in [3.05, 3.63) is 77.0 Å². The zero-order valence-corrected chi connectivity index (χ0v) is 20.2. The zero-order chi connectivity index (χ0) is 25.8. The molecule has 2 aliphatic heterocycles. The van der Waals surface area contributed by atoms with Crippen molar-refractivity contribution in [3.8, 4) is 22.7 Å². The average Bonchev–Trinajstić information content (AvgIpc) is 3.54. The van der Waals surface area contributed by atoms with Gasteiger partial charge in [-0.25, -0.2) is 13.2 Å². The van der Waals surface area contributed by atoms with Crippen LogP contribution in [-0.4, -0.2) is 48.7 Å². The van der Waals surface area contributed by atoms with Crippen molar-refractivity contribution in [2.75, 3.05) is 7.11 Å². The Kier molecular flexibility index (Phi) is 5.50. The SMILES string of the molecule is COc1ccc(-n2nccn2)c(C(=O)N2[C@H]3CCC[C@@H]2c2nn(C)c(-c4cc(F)c(F)c(F)c4)c2C3)c1. The smallest absolute Gasteiger partial charge is 0.257 e. The molecular weight excluding hydrogens is 485 g/mol. The number of nitrogens with zero attached hydrogens (tertiary/aromatic N) is 6. The molecule has 4 aromatic rings. The lowest BCUT2D eigenvalue weighted by atomic mass is 9.81. The fourth-order valence-corrected chi connectivity index (χ4v) is 5.67. The molecule has 1 fully saturated rings. The minimum absolute atomic E-state index is 0.151. The van der Waals surface area contributed by atoms with Gasteiger partial charge >= 0.3 is 0 Å². The Hall–Kier alpha value is -4.15. The van der Waals surface area contributed by atoms with E-state index in [4.69, 9.17) is 9.84 Å². The lowest BCUT2D eigenvalue weighted by molar-refractivity contribution is 0.0391. The molecule has 1 amide bonds. The van der Waals surface area contributed by atoms with Crippen LogP contribution in [0.4, 0.5) is 13.2 Å². The van der Waals surface area contributed by atoms with Gasteiger partial charge in [-0.2, -0.15) is 20.1 Å². The van der Waals surface area contributed by atoms with Crippen LogP contribution in [0.15, 0.2) is 42.7 Å². The molecule has 2 aromatic carbocycles. The van der Waals surface area contributed by atoms with Crippen LogP contribution in [0.5, 0.6) is 5.75 Å². The van der Waals surface area contributed by atoms with Gasteiger partial charge in [0, 0.05) is 24.2 Å². The molecule has 0 unspecified atom stereocenters. The molecule has 37 heavy (non-hydrogen) atoms. The number of benzene rings is 2. The molecule has 190 valence electrons. The summed E-state index contributed by atoms with van der Waals surface area (Å²) in [5.74, 6) is -3.68. The number of ether oxygens (including phenoxy) is 1. The van der Waals surface area contributed by atoms with E-state index in [2.05, 4.69) is 10.2 Å². The van der Waals surface area contributed by atoms with E-state index in [9.17, 15) is 18.0 Å². The summed E-state index contributed by atoms with van der Waals surface area (Å²) in [5.41, 5.74) is 3.18. The predicted molar refractivity (Wildman–Crippen MR) is 127 cm³/mol. The first-order chi connectivity index (χ1) is 17.9. The van der Waals surface area contributed by atoms with E-state index in [1.165, 1.54) is 24.3 Å². The second kappa shape index (κ2) is 8.75. The highest BCUT2D eigenvalue weighted by Gasteiger charge is 2.44. The molecule has 2 aromatic heterocycles. The number of carbonyl (C=O) groups excluding carboxylic acids is 1. The van der Waals surface area contributed by atoms with Crippen LogP contribution in [0.25, 0.3) is 16.9 Å². The first-order valence-electron chi connectivity index (χ1n) is 12.0. The Morgan fingerprint density at radius 2 is 1.78 bits per heavy atom. The van der Waals surface area contributed by atoms with Crippen molar-refractivity contribution in [2.24, 2.45) is 7.05 Å². The van der Waals surface area contributed by atoms with E-state index >= 15 is 0 Å². The summed E-state index contributed by atoms with van der Waals surface area (Å²) < 4.78 is 48.7. The van der Waals surface area contributed by atoms with E-state index in [-0.39, 0.29) is 23.6 Å². The summed E-state index contributed by atoms with van der Waals surface area (Å²) in [6.07, 6.45) is 5.91. The lowest BCUT2D eigenvalue weighted by Gasteiger charge is -2.45. The molecule has 0 spiro atoms. The number of hydrogen-bond donors (Lipinski definition) is 0. The van der Waals surface area contributed by atoms with Gasteiger partial charge in [0.1, 0.15) is 5.75 Å². The van der Waals surface area contributed by atoms with E-state index < -0.39 is 17.5 Å². The normalized spacial score (nSPS) is 18.6. The highest BCUT2D eigenvalue weighted by Crippen LogP contribution is 2.45. The second-order valence-corrected chi connectivity index (χ2v) is 9.31. The van der Waals surface area contributed by atoms with Gasteiger partial charge in [0.25, 0.3) is 5.91 Å². The van der Waals surface area contributed by atoms with Gasteiger partial charge in [0.15, 0.2) is 17.5 Å². The van der Waals surface area contributed by atoms with E-state index in [1.54, 1.807) is 29.9 Å². The third-order valence-electron chi connectivity index (χ3n) is 7.24. The first kappa shape index (κ1) is 23.3. The number of piperidine rings is 1. The number of fused-ring (bicyclic) bond motifs is 4.